The summed E-state index contributed by atoms with van der Waals surface area (Å²) in [5.74, 6) is 2.00. The molecule has 0 saturated carbocycles. The second-order valence-electron chi connectivity index (χ2n) is 7.26. The summed E-state index contributed by atoms with van der Waals surface area (Å²) in [6.45, 7) is 6.12. The number of rotatable bonds is 3. The van der Waals surface area contributed by atoms with E-state index in [1.165, 1.54) is 0 Å². The Bertz CT molecular complexity index is 976. The van der Waals surface area contributed by atoms with Crippen molar-refractivity contribution in [1.82, 2.24) is 14.9 Å². The molecule has 1 amide bonds. The lowest BCUT2D eigenvalue weighted by molar-refractivity contribution is 0.0751. The Balaban J connectivity index is 1.25. The minimum atomic E-state index is 0.127. The quantitative estimate of drug-likeness (QED) is 0.662. The number of morpholine rings is 1. The number of fused-ring (bicyclic) bond motifs is 1. The zero-order valence-corrected chi connectivity index (χ0v) is 17.0. The van der Waals surface area contributed by atoms with Crippen molar-refractivity contribution in [2.45, 2.75) is 0 Å². The SMILES string of the molecule is O=C(c1cc2ccccc2s1)N1CCN(c2cc(N3CCOCC3)ncn2)CC1. The fourth-order valence-electron chi connectivity index (χ4n) is 3.86. The molecule has 0 unspecified atom stereocenters. The zero-order valence-electron chi connectivity index (χ0n) is 16.2. The van der Waals surface area contributed by atoms with E-state index in [2.05, 4.69) is 38.0 Å². The van der Waals surface area contributed by atoms with Crippen LogP contribution >= 0.6 is 11.3 Å². The number of hydrogen-bond acceptors (Lipinski definition) is 7. The van der Waals surface area contributed by atoms with E-state index in [1.807, 2.05) is 23.1 Å². The topological polar surface area (TPSA) is 61.8 Å². The first-order chi connectivity index (χ1) is 14.3. The standard InChI is InChI=1S/C21H23N5O2S/c27-21(18-13-16-3-1-2-4-17(16)29-18)26-7-5-24(6-8-26)19-14-20(23-15-22-19)25-9-11-28-12-10-25/h1-4,13-15H,5-12H2. The van der Waals surface area contributed by atoms with Crippen LogP contribution in [0.25, 0.3) is 10.1 Å². The van der Waals surface area contributed by atoms with Crippen LogP contribution in [0.4, 0.5) is 11.6 Å². The number of amides is 1. The van der Waals surface area contributed by atoms with Crippen molar-refractivity contribution in [2.75, 3.05) is 62.3 Å². The molecular weight excluding hydrogens is 386 g/mol. The summed E-state index contributed by atoms with van der Waals surface area (Å²) in [7, 11) is 0. The Kier molecular flexibility index (Phi) is 5.03. The van der Waals surface area contributed by atoms with Crippen molar-refractivity contribution in [1.29, 1.82) is 0 Å². The zero-order chi connectivity index (χ0) is 19.6. The van der Waals surface area contributed by atoms with E-state index in [9.17, 15) is 4.79 Å². The third kappa shape index (κ3) is 3.77. The van der Waals surface area contributed by atoms with E-state index in [1.54, 1.807) is 17.7 Å². The van der Waals surface area contributed by atoms with Crippen LogP contribution in [0.2, 0.25) is 0 Å². The predicted molar refractivity (Wildman–Crippen MR) is 115 cm³/mol. The fourth-order valence-corrected chi connectivity index (χ4v) is 4.89. The third-order valence-electron chi connectivity index (χ3n) is 5.50. The largest absolute Gasteiger partial charge is 0.378 e. The molecule has 1 aromatic carbocycles. The highest BCUT2D eigenvalue weighted by molar-refractivity contribution is 7.20. The second-order valence-corrected chi connectivity index (χ2v) is 8.35. The second kappa shape index (κ2) is 7.96. The van der Waals surface area contributed by atoms with E-state index in [0.717, 1.165) is 66.0 Å². The lowest BCUT2D eigenvalue weighted by Crippen LogP contribution is -2.49. The maximum atomic E-state index is 12.9. The molecule has 0 atom stereocenters. The summed E-state index contributed by atoms with van der Waals surface area (Å²) in [4.78, 5) is 29.1. The Morgan fingerprint density at radius 2 is 1.59 bits per heavy atom. The van der Waals surface area contributed by atoms with E-state index in [-0.39, 0.29) is 5.91 Å². The van der Waals surface area contributed by atoms with Gasteiger partial charge in [-0.3, -0.25) is 4.79 Å². The van der Waals surface area contributed by atoms with Crippen LogP contribution in [0, 0.1) is 0 Å². The van der Waals surface area contributed by atoms with Gasteiger partial charge in [0.2, 0.25) is 0 Å². The van der Waals surface area contributed by atoms with Gasteiger partial charge < -0.3 is 19.4 Å². The van der Waals surface area contributed by atoms with E-state index in [4.69, 9.17) is 4.74 Å². The third-order valence-corrected chi connectivity index (χ3v) is 6.60. The fraction of sp³-hybridized carbons (Fsp3) is 0.381. The van der Waals surface area contributed by atoms with Crippen molar-refractivity contribution >= 4 is 39.0 Å². The molecule has 7 nitrogen and oxygen atoms in total. The van der Waals surface area contributed by atoms with Crippen molar-refractivity contribution in [3.05, 3.63) is 47.6 Å². The number of nitrogens with zero attached hydrogens (tertiary/aromatic N) is 5. The molecule has 0 radical (unpaired) electrons. The van der Waals surface area contributed by atoms with E-state index >= 15 is 0 Å². The van der Waals surface area contributed by atoms with Crippen LogP contribution in [0.5, 0.6) is 0 Å². The average Bonchev–Trinajstić information content (AvgIpc) is 3.24. The monoisotopic (exact) mass is 409 g/mol. The minimum absolute atomic E-state index is 0.127. The molecule has 2 saturated heterocycles. The first-order valence-corrected chi connectivity index (χ1v) is 10.8. The smallest absolute Gasteiger partial charge is 0.264 e. The summed E-state index contributed by atoms with van der Waals surface area (Å²) in [5, 5.41) is 1.14. The maximum Gasteiger partial charge on any atom is 0.264 e. The Hall–Kier alpha value is -2.71. The molecule has 150 valence electrons. The molecule has 29 heavy (non-hydrogen) atoms. The normalized spacial score (nSPS) is 17.7. The summed E-state index contributed by atoms with van der Waals surface area (Å²) in [6.07, 6.45) is 1.63. The summed E-state index contributed by atoms with van der Waals surface area (Å²) in [6, 6.07) is 12.2. The number of thiophene rings is 1. The van der Waals surface area contributed by atoms with Gasteiger partial charge in [-0.2, -0.15) is 0 Å². The summed E-state index contributed by atoms with van der Waals surface area (Å²) < 4.78 is 6.58. The summed E-state index contributed by atoms with van der Waals surface area (Å²) >= 11 is 1.57. The minimum Gasteiger partial charge on any atom is -0.378 e. The van der Waals surface area contributed by atoms with Crippen molar-refractivity contribution in [3.8, 4) is 0 Å². The first-order valence-electron chi connectivity index (χ1n) is 9.95. The van der Waals surface area contributed by atoms with Gasteiger partial charge in [-0.25, -0.2) is 9.97 Å². The molecule has 5 rings (SSSR count). The molecule has 3 aromatic rings. The number of piperazine rings is 1. The molecule has 2 aliphatic heterocycles. The molecule has 0 spiro atoms. The number of hydrogen-bond donors (Lipinski definition) is 0. The lowest BCUT2D eigenvalue weighted by Gasteiger charge is -2.35. The van der Waals surface area contributed by atoms with Crippen LogP contribution < -0.4 is 9.80 Å². The number of aromatic nitrogens is 2. The molecule has 2 aliphatic rings. The van der Waals surface area contributed by atoms with Gasteiger partial charge in [-0.15, -0.1) is 11.3 Å². The van der Waals surface area contributed by atoms with Gasteiger partial charge in [-0.05, 0) is 17.5 Å². The van der Waals surface area contributed by atoms with Crippen molar-refractivity contribution in [2.24, 2.45) is 0 Å². The molecule has 4 heterocycles. The number of anilines is 2. The highest BCUT2D eigenvalue weighted by Gasteiger charge is 2.25. The van der Waals surface area contributed by atoms with Gasteiger partial charge in [0, 0.05) is 50.0 Å². The molecule has 0 bridgehead atoms. The van der Waals surface area contributed by atoms with Crippen LogP contribution in [-0.2, 0) is 4.74 Å². The van der Waals surface area contributed by atoms with Crippen LogP contribution in [-0.4, -0.2) is 73.3 Å². The Morgan fingerprint density at radius 1 is 0.897 bits per heavy atom. The van der Waals surface area contributed by atoms with Crippen LogP contribution in [0.1, 0.15) is 9.67 Å². The van der Waals surface area contributed by atoms with Gasteiger partial charge >= 0.3 is 0 Å². The van der Waals surface area contributed by atoms with E-state index in [0.29, 0.717) is 13.1 Å². The molecule has 8 heteroatoms. The number of ether oxygens (including phenoxy) is 1. The molecule has 2 aromatic heterocycles. The Labute approximate surface area is 173 Å². The van der Waals surface area contributed by atoms with E-state index < -0.39 is 0 Å². The molecule has 2 fully saturated rings. The average molecular weight is 410 g/mol. The molecule has 0 aliphatic carbocycles. The van der Waals surface area contributed by atoms with Gasteiger partial charge in [-0.1, -0.05) is 18.2 Å². The number of carbonyl (C=O) groups is 1. The van der Waals surface area contributed by atoms with Crippen molar-refractivity contribution < 1.29 is 9.53 Å². The number of carbonyl (C=O) groups excluding carboxylic acids is 1. The highest BCUT2D eigenvalue weighted by atomic mass is 32.1. The number of benzene rings is 1. The molecular formula is C21H23N5O2S. The van der Waals surface area contributed by atoms with Crippen LogP contribution in [0.3, 0.4) is 0 Å². The predicted octanol–water partition coefficient (Wildman–Crippen LogP) is 2.49. The van der Waals surface area contributed by atoms with Gasteiger partial charge in [0.05, 0.1) is 18.1 Å². The first kappa shape index (κ1) is 18.3. The maximum absolute atomic E-state index is 12.9. The Morgan fingerprint density at radius 3 is 2.31 bits per heavy atom. The van der Waals surface area contributed by atoms with Crippen molar-refractivity contribution in [3.63, 3.8) is 0 Å². The highest BCUT2D eigenvalue weighted by Crippen LogP contribution is 2.27. The van der Waals surface area contributed by atoms with Gasteiger partial charge in [0.15, 0.2) is 0 Å². The van der Waals surface area contributed by atoms with Gasteiger partial charge in [0.25, 0.3) is 5.91 Å². The van der Waals surface area contributed by atoms with Crippen LogP contribution in [0.15, 0.2) is 42.7 Å². The molecule has 0 N–H and O–H groups in total. The van der Waals surface area contributed by atoms with Gasteiger partial charge in [0.1, 0.15) is 18.0 Å². The lowest BCUT2D eigenvalue weighted by atomic mass is 10.2. The summed E-state index contributed by atoms with van der Waals surface area (Å²) in [5.41, 5.74) is 0.